The van der Waals surface area contributed by atoms with E-state index >= 15 is 0 Å². The maximum absolute atomic E-state index is 10.4. The van der Waals surface area contributed by atoms with E-state index in [1.807, 2.05) is 44.4 Å². The van der Waals surface area contributed by atoms with Crippen LogP contribution in [0.2, 0.25) is 0 Å². The van der Waals surface area contributed by atoms with Gasteiger partial charge in [0.25, 0.3) is 0 Å². The number of hydrogen-bond donors (Lipinski definition) is 1. The van der Waals surface area contributed by atoms with Gasteiger partial charge in [0, 0.05) is 23.7 Å². The Morgan fingerprint density at radius 2 is 1.72 bits per heavy atom. The summed E-state index contributed by atoms with van der Waals surface area (Å²) < 4.78 is 31.4. The molecule has 1 aromatic heterocycles. The Balaban J connectivity index is 0.000000631. The fourth-order valence-corrected chi connectivity index (χ4v) is 2.61. The molecule has 18 heavy (non-hydrogen) atoms. The maximum atomic E-state index is 10.4. The number of aryl methyl sites for hydroxylation is 2. The van der Waals surface area contributed by atoms with Crippen LogP contribution in [0, 0.1) is 13.8 Å². The number of nitrogens with zero attached hydrogens (tertiary/aromatic N) is 1. The lowest BCUT2D eigenvalue weighted by molar-refractivity contribution is 0.503. The van der Waals surface area contributed by atoms with Crippen LogP contribution in [-0.2, 0) is 15.7 Å². The van der Waals surface area contributed by atoms with E-state index in [-0.39, 0.29) is 0 Å². The van der Waals surface area contributed by atoms with E-state index in [2.05, 4.69) is 6.58 Å². The molecule has 0 saturated carbocycles. The summed E-state index contributed by atoms with van der Waals surface area (Å²) in [4.78, 5) is 0. The van der Waals surface area contributed by atoms with Crippen molar-refractivity contribution >= 4 is 19.9 Å². The van der Waals surface area contributed by atoms with Crippen molar-refractivity contribution in [2.24, 2.45) is 0 Å². The first-order valence-electron chi connectivity index (χ1n) is 5.50. The van der Waals surface area contributed by atoms with Crippen molar-refractivity contribution in [2.45, 2.75) is 34.2 Å². The van der Waals surface area contributed by atoms with E-state index < -0.39 is 9.15 Å². The zero-order valence-corrected chi connectivity index (χ0v) is 12.9. The number of allylic oxidation sites excluding steroid dienone is 1. The molecule has 0 aliphatic rings. The van der Waals surface area contributed by atoms with Gasteiger partial charge in [-0.1, -0.05) is 5.57 Å². The quantitative estimate of drug-likeness (QED) is 0.525. The lowest BCUT2D eigenvalue weighted by Crippen LogP contribution is -2.05. The van der Waals surface area contributed by atoms with Gasteiger partial charge in [-0.2, -0.15) is 8.42 Å². The van der Waals surface area contributed by atoms with Crippen molar-refractivity contribution in [3.05, 3.63) is 35.7 Å². The summed E-state index contributed by atoms with van der Waals surface area (Å²) >= 11 is 0. The molecule has 0 saturated heterocycles. The van der Waals surface area contributed by atoms with Crippen molar-refractivity contribution < 1.29 is 13.0 Å². The second-order valence-electron chi connectivity index (χ2n) is 4.22. The van der Waals surface area contributed by atoms with Crippen LogP contribution in [0.3, 0.4) is 0 Å². The highest BCUT2D eigenvalue weighted by molar-refractivity contribution is 8.69. The van der Waals surface area contributed by atoms with Crippen LogP contribution >= 0.6 is 10.8 Å². The first-order chi connectivity index (χ1) is 8.13. The smallest absolute Gasteiger partial charge is 0.319 e. The molecular formula is C12H21NO3S2. The van der Waals surface area contributed by atoms with Crippen LogP contribution in [0.1, 0.15) is 25.2 Å². The van der Waals surface area contributed by atoms with Gasteiger partial charge < -0.3 is 4.57 Å². The van der Waals surface area contributed by atoms with Crippen LogP contribution < -0.4 is 0 Å². The monoisotopic (exact) mass is 291 g/mol. The Kier molecular flexibility index (Phi) is 7.35. The Labute approximate surface area is 113 Å². The Morgan fingerprint density at radius 3 is 2.06 bits per heavy atom. The fraction of sp³-hybridized carbons (Fsp3) is 0.500. The summed E-state index contributed by atoms with van der Waals surface area (Å²) in [5.41, 5.74) is 3.36. The SMILES string of the molecule is C=C(C)C.Cc1ccc(C)n1CCSS(=O)(=O)O. The van der Waals surface area contributed by atoms with Gasteiger partial charge >= 0.3 is 9.15 Å². The van der Waals surface area contributed by atoms with Gasteiger partial charge in [-0.25, -0.2) is 0 Å². The summed E-state index contributed by atoms with van der Waals surface area (Å²) in [5, 5.41) is 0. The molecule has 0 unspecified atom stereocenters. The van der Waals surface area contributed by atoms with Crippen molar-refractivity contribution in [3.63, 3.8) is 0 Å². The molecule has 6 heteroatoms. The second-order valence-corrected chi connectivity index (χ2v) is 7.69. The van der Waals surface area contributed by atoms with E-state index in [0.29, 0.717) is 23.1 Å². The summed E-state index contributed by atoms with van der Waals surface area (Å²) in [7, 11) is -3.34. The molecule has 1 N–H and O–H groups in total. The zero-order chi connectivity index (χ0) is 14.3. The molecule has 0 bridgehead atoms. The topological polar surface area (TPSA) is 59.3 Å². The minimum absolute atomic E-state index is 0.356. The van der Waals surface area contributed by atoms with E-state index in [1.54, 1.807) is 0 Å². The van der Waals surface area contributed by atoms with E-state index in [4.69, 9.17) is 4.55 Å². The highest BCUT2D eigenvalue weighted by Crippen LogP contribution is 2.13. The molecule has 0 aliphatic heterocycles. The summed E-state index contributed by atoms with van der Waals surface area (Å²) in [6, 6.07) is 3.96. The molecule has 0 aromatic carbocycles. The first-order valence-corrected chi connectivity index (χ1v) is 8.44. The molecule has 0 fully saturated rings. The zero-order valence-electron chi connectivity index (χ0n) is 11.3. The molecule has 0 radical (unpaired) electrons. The van der Waals surface area contributed by atoms with Crippen LogP contribution in [0.4, 0.5) is 0 Å². The normalized spacial score (nSPS) is 10.7. The third kappa shape index (κ3) is 8.38. The predicted molar refractivity (Wildman–Crippen MR) is 78.4 cm³/mol. The Hall–Kier alpha value is -0.720. The van der Waals surface area contributed by atoms with Crippen molar-refractivity contribution in [1.29, 1.82) is 0 Å². The van der Waals surface area contributed by atoms with Gasteiger partial charge in [-0.3, -0.25) is 4.55 Å². The number of aromatic nitrogens is 1. The van der Waals surface area contributed by atoms with Crippen LogP contribution in [0.5, 0.6) is 0 Å². The Bertz CT molecular complexity index is 466. The maximum Gasteiger partial charge on any atom is 0.319 e. The van der Waals surface area contributed by atoms with Crippen molar-refractivity contribution in [2.75, 3.05) is 5.75 Å². The Morgan fingerprint density at radius 1 is 1.33 bits per heavy atom. The number of rotatable bonds is 4. The molecule has 0 atom stereocenters. The molecule has 1 rings (SSSR count). The minimum Gasteiger partial charge on any atom is -0.348 e. The third-order valence-corrected chi connectivity index (χ3v) is 4.01. The first kappa shape index (κ1) is 17.3. The van der Waals surface area contributed by atoms with Gasteiger partial charge in [0.1, 0.15) is 0 Å². The van der Waals surface area contributed by atoms with Crippen LogP contribution in [0.15, 0.2) is 24.3 Å². The molecule has 1 aromatic rings. The lowest BCUT2D eigenvalue weighted by atomic mass is 10.4. The second kappa shape index (κ2) is 7.66. The van der Waals surface area contributed by atoms with Gasteiger partial charge in [0.15, 0.2) is 0 Å². The van der Waals surface area contributed by atoms with Crippen LogP contribution in [-0.4, -0.2) is 23.3 Å². The van der Waals surface area contributed by atoms with E-state index in [1.165, 1.54) is 5.57 Å². The fourth-order valence-electron chi connectivity index (χ4n) is 1.29. The lowest BCUT2D eigenvalue weighted by Gasteiger charge is -2.07. The molecule has 0 amide bonds. The van der Waals surface area contributed by atoms with Crippen LogP contribution in [0.25, 0.3) is 0 Å². The van der Waals surface area contributed by atoms with Gasteiger partial charge in [0.05, 0.1) is 0 Å². The summed E-state index contributed by atoms with van der Waals surface area (Å²) in [6.45, 7) is 12.0. The highest BCUT2D eigenvalue weighted by Gasteiger charge is 2.06. The summed E-state index contributed by atoms with van der Waals surface area (Å²) in [6.07, 6.45) is 0. The molecule has 4 nitrogen and oxygen atoms in total. The third-order valence-electron chi connectivity index (χ3n) is 1.96. The molecular weight excluding hydrogens is 270 g/mol. The largest absolute Gasteiger partial charge is 0.348 e. The average Bonchev–Trinajstić information content (AvgIpc) is 2.46. The van der Waals surface area contributed by atoms with Gasteiger partial charge in [0.2, 0.25) is 0 Å². The van der Waals surface area contributed by atoms with Crippen molar-refractivity contribution in [3.8, 4) is 0 Å². The summed E-state index contributed by atoms with van der Waals surface area (Å²) in [5.74, 6) is 0.356. The molecule has 0 spiro atoms. The highest BCUT2D eigenvalue weighted by atomic mass is 33.1. The van der Waals surface area contributed by atoms with E-state index in [9.17, 15) is 8.42 Å². The van der Waals surface area contributed by atoms with Crippen molar-refractivity contribution in [1.82, 2.24) is 4.57 Å². The number of hydrogen-bond acceptors (Lipinski definition) is 3. The molecule has 1 heterocycles. The van der Waals surface area contributed by atoms with E-state index in [0.717, 1.165) is 11.4 Å². The van der Waals surface area contributed by atoms with Gasteiger partial charge in [-0.05, 0) is 50.6 Å². The molecule has 0 aliphatic carbocycles. The standard InChI is InChI=1S/C8H13NO3S2.C4H8/c1-7-3-4-8(2)9(7)5-6-13-14(10,11)12;1-4(2)3/h3-4H,5-6H2,1-2H3,(H,10,11,12);1H2,2-3H3. The molecule has 104 valence electrons. The predicted octanol–water partition coefficient (Wildman–Crippen LogP) is 3.22. The average molecular weight is 291 g/mol. The minimum atomic E-state index is -3.90. The van der Waals surface area contributed by atoms with Gasteiger partial charge in [-0.15, -0.1) is 6.58 Å².